The molecule has 0 saturated heterocycles. The number of aromatic carboxylic acids is 1. The Balaban J connectivity index is 1.89. The first-order valence-corrected chi connectivity index (χ1v) is 10.6. The summed E-state index contributed by atoms with van der Waals surface area (Å²) in [7, 11) is -1.56. The highest BCUT2D eigenvalue weighted by molar-refractivity contribution is 7.92. The van der Waals surface area contributed by atoms with Gasteiger partial charge in [-0.05, 0) is 42.5 Å². The van der Waals surface area contributed by atoms with E-state index in [-0.39, 0.29) is 27.6 Å². The summed E-state index contributed by atoms with van der Waals surface area (Å²) >= 11 is 0. The van der Waals surface area contributed by atoms with Crippen LogP contribution in [0.25, 0.3) is 0 Å². The van der Waals surface area contributed by atoms with Gasteiger partial charge < -0.3 is 19.9 Å². The van der Waals surface area contributed by atoms with Crippen LogP contribution < -0.4 is 19.5 Å². The third-order valence-corrected chi connectivity index (χ3v) is 5.73. The summed E-state index contributed by atoms with van der Waals surface area (Å²) in [6.45, 7) is 0. The van der Waals surface area contributed by atoms with Crippen LogP contribution in [0, 0.1) is 0 Å². The zero-order chi connectivity index (χ0) is 23.3. The number of pyridine rings is 1. The van der Waals surface area contributed by atoms with E-state index in [1.807, 2.05) is 0 Å². The van der Waals surface area contributed by atoms with E-state index in [0.717, 1.165) is 6.07 Å². The van der Waals surface area contributed by atoms with Gasteiger partial charge in [0.1, 0.15) is 16.4 Å². The summed E-state index contributed by atoms with van der Waals surface area (Å²) in [6.07, 6.45) is 2.95. The Morgan fingerprint density at radius 2 is 1.72 bits per heavy atom. The van der Waals surface area contributed by atoms with Crippen molar-refractivity contribution in [3.8, 4) is 11.5 Å². The number of hydrogen-bond acceptors (Lipinski definition) is 7. The smallest absolute Gasteiger partial charge is 0.335 e. The van der Waals surface area contributed by atoms with Crippen molar-refractivity contribution in [2.75, 3.05) is 24.3 Å². The molecule has 0 atom stereocenters. The number of carboxylic acids is 1. The van der Waals surface area contributed by atoms with Gasteiger partial charge in [-0.1, -0.05) is 0 Å². The second-order valence-electron chi connectivity index (χ2n) is 6.39. The molecule has 0 fully saturated rings. The fraction of sp³-hybridized carbons (Fsp3) is 0.0952. The Morgan fingerprint density at radius 1 is 0.969 bits per heavy atom. The molecule has 166 valence electrons. The quantitative estimate of drug-likeness (QED) is 0.468. The first-order valence-electron chi connectivity index (χ1n) is 9.08. The summed E-state index contributed by atoms with van der Waals surface area (Å²) in [6, 6.07) is 11.0. The molecule has 3 aromatic rings. The molecule has 1 aromatic heterocycles. The molecule has 0 spiro atoms. The Hall–Kier alpha value is -4.12. The number of hydrogen-bond donors (Lipinski definition) is 3. The average molecular weight is 457 g/mol. The molecule has 0 saturated carbocycles. The number of carbonyl (C=O) groups is 2. The molecule has 10 nitrogen and oxygen atoms in total. The number of rotatable bonds is 8. The minimum atomic E-state index is -4.21. The largest absolute Gasteiger partial charge is 0.495 e. The van der Waals surface area contributed by atoms with Gasteiger partial charge in [0, 0.05) is 18.5 Å². The van der Waals surface area contributed by atoms with Gasteiger partial charge in [0.15, 0.2) is 0 Å². The number of nitrogens with zero attached hydrogens (tertiary/aromatic N) is 1. The van der Waals surface area contributed by atoms with E-state index < -0.39 is 21.9 Å². The number of benzene rings is 2. The van der Waals surface area contributed by atoms with Gasteiger partial charge in [0.2, 0.25) is 0 Å². The van der Waals surface area contributed by atoms with Crippen LogP contribution in [0.3, 0.4) is 0 Å². The summed E-state index contributed by atoms with van der Waals surface area (Å²) < 4.78 is 38.5. The number of aromatic nitrogens is 1. The average Bonchev–Trinajstić information content (AvgIpc) is 2.79. The van der Waals surface area contributed by atoms with E-state index >= 15 is 0 Å². The highest BCUT2D eigenvalue weighted by Crippen LogP contribution is 2.31. The standard InChI is InChI=1S/C21H19N3O7S/c1-30-17-8-5-13(21(26)27)10-19(17)32(28,29)24-15-6-7-16(18(11-15)31-2)23-20(25)14-4-3-9-22-12-14/h3-12,24H,1-2H3,(H,23,25)(H,26,27). The molecule has 1 heterocycles. The molecule has 3 rings (SSSR count). The van der Waals surface area contributed by atoms with Gasteiger partial charge in [0.05, 0.1) is 36.7 Å². The van der Waals surface area contributed by atoms with E-state index in [4.69, 9.17) is 9.47 Å². The van der Waals surface area contributed by atoms with Crippen molar-refractivity contribution in [3.63, 3.8) is 0 Å². The van der Waals surface area contributed by atoms with Gasteiger partial charge in [-0.25, -0.2) is 13.2 Å². The lowest BCUT2D eigenvalue weighted by molar-refractivity contribution is 0.0696. The summed E-state index contributed by atoms with van der Waals surface area (Å²) in [5.74, 6) is -1.51. The number of sulfonamides is 1. The van der Waals surface area contributed by atoms with Gasteiger partial charge in [-0.2, -0.15) is 0 Å². The molecular formula is C21H19N3O7S. The number of ether oxygens (including phenoxy) is 2. The van der Waals surface area contributed by atoms with Crippen molar-refractivity contribution in [1.82, 2.24) is 4.98 Å². The number of methoxy groups -OCH3 is 2. The third kappa shape index (κ3) is 4.95. The summed E-state index contributed by atoms with van der Waals surface area (Å²) in [4.78, 5) is 27.1. The van der Waals surface area contributed by atoms with Gasteiger partial charge in [-0.15, -0.1) is 0 Å². The monoisotopic (exact) mass is 457 g/mol. The minimum absolute atomic E-state index is 0.0187. The van der Waals surface area contributed by atoms with Crippen LogP contribution in [0.1, 0.15) is 20.7 Å². The lowest BCUT2D eigenvalue weighted by Crippen LogP contribution is -2.16. The van der Waals surface area contributed by atoms with Crippen LogP contribution in [0.5, 0.6) is 11.5 Å². The van der Waals surface area contributed by atoms with Gasteiger partial charge >= 0.3 is 5.97 Å². The van der Waals surface area contributed by atoms with E-state index in [9.17, 15) is 23.1 Å². The fourth-order valence-electron chi connectivity index (χ4n) is 2.78. The van der Waals surface area contributed by atoms with Gasteiger partial charge in [0.25, 0.3) is 15.9 Å². The molecule has 11 heteroatoms. The van der Waals surface area contributed by atoms with Gasteiger partial charge in [-0.3, -0.25) is 14.5 Å². The molecule has 0 aliphatic heterocycles. The molecule has 0 aliphatic rings. The number of carboxylic acid groups (broad SMARTS) is 1. The molecule has 0 unspecified atom stereocenters. The van der Waals surface area contributed by atoms with Crippen molar-refractivity contribution in [1.29, 1.82) is 0 Å². The second-order valence-corrected chi connectivity index (χ2v) is 8.04. The lowest BCUT2D eigenvalue weighted by Gasteiger charge is -2.15. The van der Waals surface area contributed by atoms with E-state index in [0.29, 0.717) is 11.3 Å². The molecular weight excluding hydrogens is 438 g/mol. The predicted molar refractivity (Wildman–Crippen MR) is 116 cm³/mol. The zero-order valence-corrected chi connectivity index (χ0v) is 17.8. The molecule has 0 aliphatic carbocycles. The fourth-order valence-corrected chi connectivity index (χ4v) is 4.02. The number of nitrogens with one attached hydrogen (secondary N) is 2. The molecule has 0 radical (unpaired) electrons. The van der Waals surface area contributed by atoms with E-state index in [1.165, 1.54) is 50.7 Å². The van der Waals surface area contributed by atoms with Crippen LogP contribution in [-0.4, -0.2) is 44.6 Å². The summed E-state index contributed by atoms with van der Waals surface area (Å²) in [5.41, 5.74) is 0.570. The van der Waals surface area contributed by atoms with Crippen LogP contribution in [0.15, 0.2) is 65.8 Å². The second kappa shape index (κ2) is 9.35. The van der Waals surface area contributed by atoms with Crippen LogP contribution in [-0.2, 0) is 10.0 Å². The molecule has 0 bridgehead atoms. The van der Waals surface area contributed by atoms with Crippen molar-refractivity contribution >= 4 is 33.3 Å². The first kappa shape index (κ1) is 22.6. The Bertz CT molecular complexity index is 1260. The predicted octanol–water partition coefficient (Wildman–Crippen LogP) is 2.85. The highest BCUT2D eigenvalue weighted by Gasteiger charge is 2.22. The molecule has 32 heavy (non-hydrogen) atoms. The Morgan fingerprint density at radius 3 is 2.34 bits per heavy atom. The zero-order valence-electron chi connectivity index (χ0n) is 17.0. The number of amides is 1. The van der Waals surface area contributed by atoms with Crippen LogP contribution >= 0.6 is 0 Å². The number of anilines is 2. The summed E-state index contributed by atoms with van der Waals surface area (Å²) in [5, 5.41) is 11.8. The van der Waals surface area contributed by atoms with E-state index in [1.54, 1.807) is 18.3 Å². The molecule has 1 amide bonds. The maximum absolute atomic E-state index is 12.9. The lowest BCUT2D eigenvalue weighted by atomic mass is 10.2. The minimum Gasteiger partial charge on any atom is -0.495 e. The normalized spacial score (nSPS) is 10.8. The third-order valence-electron chi connectivity index (χ3n) is 4.33. The highest BCUT2D eigenvalue weighted by atomic mass is 32.2. The first-order chi connectivity index (χ1) is 15.2. The Kier molecular flexibility index (Phi) is 6.59. The maximum Gasteiger partial charge on any atom is 0.335 e. The SMILES string of the molecule is COc1cc(NS(=O)(=O)c2cc(C(=O)O)ccc2OC)ccc1NC(=O)c1cccnc1. The Labute approximate surface area is 183 Å². The van der Waals surface area contributed by atoms with E-state index in [2.05, 4.69) is 15.0 Å². The topological polar surface area (TPSA) is 144 Å². The van der Waals surface area contributed by atoms with Crippen molar-refractivity contribution in [2.45, 2.75) is 4.90 Å². The van der Waals surface area contributed by atoms with Crippen molar-refractivity contribution in [3.05, 3.63) is 72.1 Å². The molecule has 3 N–H and O–H groups in total. The van der Waals surface area contributed by atoms with Crippen molar-refractivity contribution < 1.29 is 32.6 Å². The molecule has 2 aromatic carbocycles. The maximum atomic E-state index is 12.9. The van der Waals surface area contributed by atoms with Crippen LogP contribution in [0.4, 0.5) is 11.4 Å². The van der Waals surface area contributed by atoms with Crippen LogP contribution in [0.2, 0.25) is 0 Å². The van der Waals surface area contributed by atoms with Crippen molar-refractivity contribution in [2.24, 2.45) is 0 Å². The number of carbonyl (C=O) groups excluding carboxylic acids is 1.